The molecular weight excluding hydrogens is 273 g/mol. The third kappa shape index (κ3) is 3.02. The lowest BCUT2D eigenvalue weighted by atomic mass is 10.2. The molecule has 0 aliphatic carbocycles. The number of aromatic nitrogens is 3. The second kappa shape index (κ2) is 5.77. The minimum Gasteiger partial charge on any atom is -0.360 e. The highest BCUT2D eigenvalue weighted by molar-refractivity contribution is 5.41. The fraction of sp³-hybridized carbons (Fsp3) is 0.500. The van der Waals surface area contributed by atoms with Crippen LogP contribution in [0.25, 0.3) is 0 Å². The molecule has 0 unspecified atom stereocenters. The van der Waals surface area contributed by atoms with Crippen LogP contribution in [0.2, 0.25) is 0 Å². The lowest BCUT2D eigenvalue weighted by molar-refractivity contribution is 0.218. The quantitative estimate of drug-likeness (QED) is 0.855. The Balaban J connectivity index is 1.61. The zero-order valence-electron chi connectivity index (χ0n) is 12.2. The van der Waals surface area contributed by atoms with Gasteiger partial charge in [-0.25, -0.2) is 14.4 Å². The molecule has 1 fully saturated rings. The fourth-order valence-electron chi connectivity index (χ4n) is 2.49. The second-order valence-corrected chi connectivity index (χ2v) is 5.29. The van der Waals surface area contributed by atoms with Gasteiger partial charge in [-0.1, -0.05) is 5.16 Å². The molecule has 0 spiro atoms. The van der Waals surface area contributed by atoms with Crippen molar-refractivity contribution in [3.8, 4) is 0 Å². The van der Waals surface area contributed by atoms with Crippen molar-refractivity contribution in [2.24, 2.45) is 0 Å². The van der Waals surface area contributed by atoms with Crippen LogP contribution in [-0.4, -0.2) is 46.2 Å². The summed E-state index contributed by atoms with van der Waals surface area (Å²) in [6.07, 6.45) is 1.41. The monoisotopic (exact) mass is 291 g/mol. The topological polar surface area (TPSA) is 58.3 Å². The molecule has 0 aromatic carbocycles. The van der Waals surface area contributed by atoms with E-state index in [1.165, 1.54) is 6.33 Å². The van der Waals surface area contributed by atoms with Crippen LogP contribution >= 0.6 is 0 Å². The first-order valence-electron chi connectivity index (χ1n) is 7.00. The fourth-order valence-corrected chi connectivity index (χ4v) is 2.49. The van der Waals surface area contributed by atoms with E-state index in [9.17, 15) is 4.39 Å². The van der Waals surface area contributed by atoms with Crippen LogP contribution in [0, 0.1) is 19.7 Å². The van der Waals surface area contributed by atoms with Gasteiger partial charge >= 0.3 is 0 Å². The van der Waals surface area contributed by atoms with Crippen LogP contribution in [0.3, 0.4) is 0 Å². The van der Waals surface area contributed by atoms with E-state index in [0.29, 0.717) is 11.5 Å². The number of anilines is 1. The van der Waals surface area contributed by atoms with E-state index in [0.717, 1.165) is 44.2 Å². The third-order valence-corrected chi connectivity index (χ3v) is 3.67. The summed E-state index contributed by atoms with van der Waals surface area (Å²) in [7, 11) is 0. The Morgan fingerprint density at radius 3 is 2.62 bits per heavy atom. The largest absolute Gasteiger partial charge is 0.360 e. The number of halogens is 1. The molecule has 2 aromatic heterocycles. The van der Waals surface area contributed by atoms with Gasteiger partial charge in [0.2, 0.25) is 0 Å². The molecule has 1 saturated heterocycles. The minimum atomic E-state index is -0.322. The number of nitrogens with zero attached hydrogens (tertiary/aromatic N) is 5. The van der Waals surface area contributed by atoms with E-state index < -0.39 is 0 Å². The van der Waals surface area contributed by atoms with Gasteiger partial charge in [-0.3, -0.25) is 4.90 Å². The smallest absolute Gasteiger partial charge is 0.186 e. The number of piperazine rings is 1. The molecule has 0 saturated carbocycles. The van der Waals surface area contributed by atoms with Crippen LogP contribution in [0.4, 0.5) is 10.2 Å². The number of hydrogen-bond donors (Lipinski definition) is 0. The highest BCUT2D eigenvalue weighted by atomic mass is 19.1. The maximum absolute atomic E-state index is 14.0. The summed E-state index contributed by atoms with van der Waals surface area (Å²) in [6.45, 7) is 7.44. The van der Waals surface area contributed by atoms with Crippen molar-refractivity contribution in [1.82, 2.24) is 20.0 Å². The average molecular weight is 291 g/mol. The van der Waals surface area contributed by atoms with E-state index in [1.54, 1.807) is 6.92 Å². The van der Waals surface area contributed by atoms with Crippen molar-refractivity contribution in [3.05, 3.63) is 35.4 Å². The van der Waals surface area contributed by atoms with Gasteiger partial charge in [0.15, 0.2) is 17.4 Å². The first kappa shape index (κ1) is 13.9. The van der Waals surface area contributed by atoms with E-state index in [4.69, 9.17) is 4.52 Å². The SMILES string of the molecule is Cc1cc(CN2CCN(c3ncnc(C)c3F)CC2)on1. The standard InChI is InChI=1S/C14H18FN5O/c1-10-7-12(21-18-10)8-19-3-5-20(6-4-19)14-13(15)11(2)16-9-17-14/h7,9H,3-6,8H2,1-2H3. The zero-order valence-corrected chi connectivity index (χ0v) is 12.2. The Morgan fingerprint density at radius 2 is 1.95 bits per heavy atom. The van der Waals surface area contributed by atoms with Gasteiger partial charge in [-0.15, -0.1) is 0 Å². The molecule has 0 N–H and O–H groups in total. The van der Waals surface area contributed by atoms with Crippen LogP contribution in [0.15, 0.2) is 16.9 Å². The molecule has 1 aliphatic heterocycles. The third-order valence-electron chi connectivity index (χ3n) is 3.67. The van der Waals surface area contributed by atoms with Gasteiger partial charge in [-0.2, -0.15) is 0 Å². The number of aryl methyl sites for hydroxylation is 2. The lowest BCUT2D eigenvalue weighted by Crippen LogP contribution is -2.46. The van der Waals surface area contributed by atoms with Crippen molar-refractivity contribution in [1.29, 1.82) is 0 Å². The van der Waals surface area contributed by atoms with Crippen LogP contribution in [-0.2, 0) is 6.54 Å². The molecule has 21 heavy (non-hydrogen) atoms. The van der Waals surface area contributed by atoms with Gasteiger partial charge in [0.25, 0.3) is 0 Å². The Labute approximate surface area is 122 Å². The molecule has 0 bridgehead atoms. The van der Waals surface area contributed by atoms with Gasteiger partial charge < -0.3 is 9.42 Å². The predicted molar refractivity (Wildman–Crippen MR) is 75.5 cm³/mol. The highest BCUT2D eigenvalue weighted by Crippen LogP contribution is 2.19. The molecule has 0 amide bonds. The van der Waals surface area contributed by atoms with Crippen LogP contribution in [0.1, 0.15) is 17.1 Å². The molecule has 0 atom stereocenters. The molecular formula is C14H18FN5O. The Bertz CT molecular complexity index is 622. The predicted octanol–water partition coefficient (Wildman–Crippen LogP) is 1.54. The molecule has 3 heterocycles. The van der Waals surface area contributed by atoms with E-state index >= 15 is 0 Å². The highest BCUT2D eigenvalue weighted by Gasteiger charge is 2.22. The van der Waals surface area contributed by atoms with Crippen molar-refractivity contribution < 1.29 is 8.91 Å². The van der Waals surface area contributed by atoms with Gasteiger partial charge in [0.05, 0.1) is 17.9 Å². The van der Waals surface area contributed by atoms with Crippen molar-refractivity contribution in [2.45, 2.75) is 20.4 Å². The first-order chi connectivity index (χ1) is 10.1. The summed E-state index contributed by atoms with van der Waals surface area (Å²) in [5, 5.41) is 3.89. The normalized spacial score (nSPS) is 16.4. The van der Waals surface area contributed by atoms with Crippen LogP contribution < -0.4 is 4.90 Å². The van der Waals surface area contributed by atoms with Gasteiger partial charge in [0, 0.05) is 32.2 Å². The number of hydrogen-bond acceptors (Lipinski definition) is 6. The van der Waals surface area contributed by atoms with Crippen molar-refractivity contribution in [3.63, 3.8) is 0 Å². The maximum atomic E-state index is 14.0. The summed E-state index contributed by atoms with van der Waals surface area (Å²) in [5.74, 6) is 0.944. The Kier molecular flexibility index (Phi) is 3.83. The zero-order chi connectivity index (χ0) is 14.8. The van der Waals surface area contributed by atoms with E-state index in [-0.39, 0.29) is 5.82 Å². The Hall–Kier alpha value is -2.02. The molecule has 0 radical (unpaired) electrons. The summed E-state index contributed by atoms with van der Waals surface area (Å²) in [4.78, 5) is 12.2. The molecule has 6 nitrogen and oxygen atoms in total. The van der Waals surface area contributed by atoms with E-state index in [2.05, 4.69) is 20.0 Å². The molecule has 112 valence electrons. The second-order valence-electron chi connectivity index (χ2n) is 5.29. The van der Waals surface area contributed by atoms with Gasteiger partial charge in [0.1, 0.15) is 6.33 Å². The molecule has 7 heteroatoms. The summed E-state index contributed by atoms with van der Waals surface area (Å²) < 4.78 is 19.3. The lowest BCUT2D eigenvalue weighted by Gasteiger charge is -2.34. The minimum absolute atomic E-state index is 0.322. The average Bonchev–Trinajstić information content (AvgIpc) is 2.88. The first-order valence-corrected chi connectivity index (χ1v) is 7.00. The van der Waals surface area contributed by atoms with E-state index in [1.807, 2.05) is 17.9 Å². The molecule has 1 aliphatic rings. The van der Waals surface area contributed by atoms with Gasteiger partial charge in [-0.05, 0) is 13.8 Å². The van der Waals surface area contributed by atoms with Crippen molar-refractivity contribution >= 4 is 5.82 Å². The number of rotatable bonds is 3. The van der Waals surface area contributed by atoms with Crippen molar-refractivity contribution in [2.75, 3.05) is 31.1 Å². The molecule has 3 rings (SSSR count). The summed E-state index contributed by atoms with van der Waals surface area (Å²) in [6, 6.07) is 1.94. The maximum Gasteiger partial charge on any atom is 0.186 e. The Morgan fingerprint density at radius 1 is 1.19 bits per heavy atom. The summed E-state index contributed by atoms with van der Waals surface area (Å²) >= 11 is 0. The summed E-state index contributed by atoms with van der Waals surface area (Å²) in [5.41, 5.74) is 1.28. The van der Waals surface area contributed by atoms with Crippen LogP contribution in [0.5, 0.6) is 0 Å². The molecule has 2 aromatic rings.